The third kappa shape index (κ3) is 2.84. The fraction of sp³-hybridized carbons (Fsp3) is 0.333. The number of nitrogens with zero attached hydrogens (tertiary/aromatic N) is 4. The molecule has 0 amide bonds. The number of halogens is 2. The highest BCUT2D eigenvalue weighted by Gasteiger charge is 2.25. The summed E-state index contributed by atoms with van der Waals surface area (Å²) < 4.78 is 15.4. The quantitative estimate of drug-likeness (QED) is 0.923. The average molecular weight is 343 g/mol. The molecule has 8 heteroatoms. The van der Waals surface area contributed by atoms with Gasteiger partial charge in [0.05, 0.1) is 12.0 Å². The molecule has 1 aromatic heterocycles. The number of carbonyl (C=O) groups is 1. The Hall–Kier alpha value is -1.83. The fourth-order valence-electron chi connectivity index (χ4n) is 1.76. The second-order valence-corrected chi connectivity index (χ2v) is 5.39. The van der Waals surface area contributed by atoms with Crippen molar-refractivity contribution < 1.29 is 14.3 Å². The number of hydrogen-bond acceptors (Lipinski definition) is 4. The Labute approximate surface area is 122 Å². The number of tetrazole rings is 1. The maximum Gasteiger partial charge on any atom is 0.308 e. The van der Waals surface area contributed by atoms with Gasteiger partial charge in [-0.15, -0.1) is 5.10 Å². The van der Waals surface area contributed by atoms with E-state index < -0.39 is 23.7 Å². The van der Waals surface area contributed by atoms with E-state index in [0.717, 1.165) is 0 Å². The lowest BCUT2D eigenvalue weighted by atomic mass is 10.0. The molecule has 0 aliphatic rings. The van der Waals surface area contributed by atoms with Crippen LogP contribution >= 0.6 is 15.9 Å². The van der Waals surface area contributed by atoms with Gasteiger partial charge in [-0.05, 0) is 42.5 Å². The van der Waals surface area contributed by atoms with Crippen LogP contribution in [0, 0.1) is 11.7 Å². The van der Waals surface area contributed by atoms with Crippen molar-refractivity contribution in [3.63, 3.8) is 0 Å². The molecule has 0 fully saturated rings. The third-order valence-corrected chi connectivity index (χ3v) is 3.57. The lowest BCUT2D eigenvalue weighted by Crippen LogP contribution is -2.23. The molecule has 20 heavy (non-hydrogen) atoms. The van der Waals surface area contributed by atoms with Gasteiger partial charge in [0.25, 0.3) is 0 Å². The molecule has 2 unspecified atom stereocenters. The Morgan fingerprint density at radius 2 is 2.10 bits per heavy atom. The number of benzene rings is 1. The van der Waals surface area contributed by atoms with Crippen LogP contribution in [0.1, 0.15) is 19.9 Å². The van der Waals surface area contributed by atoms with E-state index in [4.69, 9.17) is 5.11 Å². The molecular formula is C12H12BrFN4O2. The zero-order chi connectivity index (χ0) is 14.9. The highest BCUT2D eigenvalue weighted by Crippen LogP contribution is 2.26. The summed E-state index contributed by atoms with van der Waals surface area (Å²) in [5.74, 6) is -1.72. The van der Waals surface area contributed by atoms with E-state index in [1.807, 2.05) is 0 Å². The van der Waals surface area contributed by atoms with Gasteiger partial charge in [-0.2, -0.15) is 0 Å². The Balaban J connectivity index is 2.45. The molecule has 0 saturated heterocycles. The molecule has 1 aromatic carbocycles. The van der Waals surface area contributed by atoms with E-state index in [1.165, 1.54) is 16.8 Å². The van der Waals surface area contributed by atoms with Crippen molar-refractivity contribution in [2.24, 2.45) is 5.92 Å². The van der Waals surface area contributed by atoms with Crippen LogP contribution in [0.4, 0.5) is 4.39 Å². The molecule has 0 aliphatic heterocycles. The van der Waals surface area contributed by atoms with Gasteiger partial charge >= 0.3 is 5.97 Å². The van der Waals surface area contributed by atoms with Crippen molar-refractivity contribution in [2.75, 3.05) is 0 Å². The van der Waals surface area contributed by atoms with Crippen LogP contribution in [0.2, 0.25) is 0 Å². The van der Waals surface area contributed by atoms with Gasteiger partial charge in [-0.1, -0.05) is 15.9 Å². The van der Waals surface area contributed by atoms with Gasteiger partial charge < -0.3 is 5.11 Å². The lowest BCUT2D eigenvalue weighted by Gasteiger charge is -2.17. The summed E-state index contributed by atoms with van der Waals surface area (Å²) in [7, 11) is 0. The first-order chi connectivity index (χ1) is 9.40. The molecule has 2 aromatic rings. The predicted octanol–water partition coefficient (Wildman–Crippen LogP) is 2.52. The topological polar surface area (TPSA) is 80.9 Å². The van der Waals surface area contributed by atoms with Crippen LogP contribution in [0.15, 0.2) is 22.7 Å². The Morgan fingerprint density at radius 1 is 1.40 bits per heavy atom. The smallest absolute Gasteiger partial charge is 0.308 e. The summed E-state index contributed by atoms with van der Waals surface area (Å²) in [5.41, 5.74) is 0.478. The van der Waals surface area contributed by atoms with Crippen molar-refractivity contribution >= 4 is 21.9 Å². The summed E-state index contributed by atoms with van der Waals surface area (Å²) in [4.78, 5) is 11.0. The lowest BCUT2D eigenvalue weighted by molar-refractivity contribution is -0.142. The van der Waals surface area contributed by atoms with Crippen LogP contribution in [0.25, 0.3) is 11.4 Å². The largest absolute Gasteiger partial charge is 0.481 e. The molecule has 0 saturated carbocycles. The number of aromatic nitrogens is 4. The molecule has 1 heterocycles. The average Bonchev–Trinajstić information content (AvgIpc) is 2.84. The number of hydrogen-bond donors (Lipinski definition) is 1. The van der Waals surface area contributed by atoms with E-state index in [2.05, 4.69) is 31.5 Å². The van der Waals surface area contributed by atoms with Crippen molar-refractivity contribution in [3.8, 4) is 11.4 Å². The number of rotatable bonds is 4. The first kappa shape index (κ1) is 14.6. The zero-order valence-electron chi connectivity index (χ0n) is 10.8. The Bertz CT molecular complexity index is 626. The summed E-state index contributed by atoms with van der Waals surface area (Å²) in [5, 5.41) is 20.3. The number of carboxylic acid groups (broad SMARTS) is 1. The van der Waals surface area contributed by atoms with Crippen molar-refractivity contribution in [2.45, 2.75) is 19.9 Å². The van der Waals surface area contributed by atoms with Crippen LogP contribution < -0.4 is 0 Å². The molecule has 6 nitrogen and oxygen atoms in total. The molecule has 0 radical (unpaired) electrons. The summed E-state index contributed by atoms with van der Waals surface area (Å²) in [6.07, 6.45) is 0. The summed E-state index contributed by atoms with van der Waals surface area (Å²) in [6.45, 7) is 3.27. The minimum Gasteiger partial charge on any atom is -0.481 e. The standard InChI is InChI=1S/C12H12BrFN4O2/c1-6(12(19)20)7(2)18-11(15-16-17-18)8-3-9(13)5-10(14)4-8/h3-7H,1-2H3,(H,19,20). The molecule has 0 bridgehead atoms. The zero-order valence-corrected chi connectivity index (χ0v) is 12.4. The van der Waals surface area contributed by atoms with E-state index >= 15 is 0 Å². The maximum absolute atomic E-state index is 13.4. The van der Waals surface area contributed by atoms with Gasteiger partial charge in [0.1, 0.15) is 5.82 Å². The van der Waals surface area contributed by atoms with Crippen LogP contribution in [0.5, 0.6) is 0 Å². The molecule has 0 spiro atoms. The third-order valence-electron chi connectivity index (χ3n) is 3.11. The highest BCUT2D eigenvalue weighted by molar-refractivity contribution is 9.10. The second kappa shape index (κ2) is 5.66. The van der Waals surface area contributed by atoms with Crippen molar-refractivity contribution in [1.29, 1.82) is 0 Å². The minimum atomic E-state index is -0.945. The van der Waals surface area contributed by atoms with E-state index in [9.17, 15) is 9.18 Å². The first-order valence-electron chi connectivity index (χ1n) is 5.87. The van der Waals surface area contributed by atoms with Gasteiger partial charge in [0.2, 0.25) is 0 Å². The maximum atomic E-state index is 13.4. The first-order valence-corrected chi connectivity index (χ1v) is 6.66. The molecule has 2 rings (SSSR count). The van der Waals surface area contributed by atoms with Crippen LogP contribution in [-0.2, 0) is 4.79 Å². The molecular weight excluding hydrogens is 331 g/mol. The van der Waals surface area contributed by atoms with Crippen molar-refractivity contribution in [1.82, 2.24) is 20.2 Å². The Morgan fingerprint density at radius 3 is 2.70 bits per heavy atom. The van der Waals surface area contributed by atoms with Crippen molar-refractivity contribution in [3.05, 3.63) is 28.5 Å². The summed E-state index contributed by atoms with van der Waals surface area (Å²) >= 11 is 3.20. The number of aliphatic carboxylic acids is 1. The SMILES string of the molecule is CC(C(=O)O)C(C)n1nnnc1-c1cc(F)cc(Br)c1. The minimum absolute atomic E-state index is 0.325. The molecule has 106 valence electrons. The number of carboxylic acids is 1. The van der Waals surface area contributed by atoms with Crippen LogP contribution in [-0.4, -0.2) is 31.3 Å². The van der Waals surface area contributed by atoms with E-state index in [1.54, 1.807) is 19.9 Å². The Kier molecular flexibility index (Phi) is 4.12. The summed E-state index contributed by atoms with van der Waals surface area (Å²) in [6, 6.07) is 3.83. The van der Waals surface area contributed by atoms with Gasteiger partial charge in [0.15, 0.2) is 5.82 Å². The van der Waals surface area contributed by atoms with Gasteiger partial charge in [0, 0.05) is 10.0 Å². The second-order valence-electron chi connectivity index (χ2n) is 4.47. The fourth-order valence-corrected chi connectivity index (χ4v) is 2.22. The van der Waals surface area contributed by atoms with Gasteiger partial charge in [-0.25, -0.2) is 9.07 Å². The molecule has 1 N–H and O–H groups in total. The van der Waals surface area contributed by atoms with E-state index in [0.29, 0.717) is 15.9 Å². The predicted molar refractivity (Wildman–Crippen MR) is 72.4 cm³/mol. The van der Waals surface area contributed by atoms with Gasteiger partial charge in [-0.3, -0.25) is 4.79 Å². The van der Waals surface area contributed by atoms with Crippen LogP contribution in [0.3, 0.4) is 0 Å². The molecule has 0 aliphatic carbocycles. The molecule has 2 atom stereocenters. The normalized spacial score (nSPS) is 14.0. The van der Waals surface area contributed by atoms with E-state index in [-0.39, 0.29) is 0 Å². The monoisotopic (exact) mass is 342 g/mol. The highest BCUT2D eigenvalue weighted by atomic mass is 79.9.